The zero-order valence-electron chi connectivity index (χ0n) is 22.9. The number of hydrogen-bond acceptors (Lipinski definition) is 6. The predicted molar refractivity (Wildman–Crippen MR) is 135 cm³/mol. The van der Waals surface area contributed by atoms with E-state index in [2.05, 4.69) is 26.6 Å². The van der Waals surface area contributed by atoms with Gasteiger partial charge >= 0.3 is 6.03 Å². The quantitative estimate of drug-likeness (QED) is 0.251. The van der Waals surface area contributed by atoms with Crippen molar-refractivity contribution in [3.8, 4) is 0 Å². The Morgan fingerprint density at radius 2 is 1.29 bits per heavy atom. The normalized spacial score (nSPS) is 14.7. The molecule has 0 aromatic carbocycles. The van der Waals surface area contributed by atoms with Crippen molar-refractivity contribution in [3.05, 3.63) is 0 Å². The number of imide groups is 1. The van der Waals surface area contributed by atoms with Crippen molar-refractivity contribution in [1.29, 1.82) is 0 Å². The van der Waals surface area contributed by atoms with E-state index in [4.69, 9.17) is 0 Å². The van der Waals surface area contributed by atoms with Gasteiger partial charge in [-0.1, -0.05) is 41.5 Å². The van der Waals surface area contributed by atoms with Crippen LogP contribution in [0, 0.1) is 17.8 Å². The lowest BCUT2D eigenvalue weighted by atomic mass is 9.97. The van der Waals surface area contributed by atoms with Crippen LogP contribution in [0.4, 0.5) is 4.79 Å². The molecule has 11 heteroatoms. The molecule has 0 spiro atoms. The van der Waals surface area contributed by atoms with Gasteiger partial charge in [0.2, 0.25) is 23.6 Å². The third-order valence-electron chi connectivity index (χ3n) is 5.63. The van der Waals surface area contributed by atoms with Crippen molar-refractivity contribution in [2.45, 2.75) is 85.5 Å². The van der Waals surface area contributed by atoms with Crippen LogP contribution < -0.4 is 26.6 Å². The summed E-state index contributed by atoms with van der Waals surface area (Å²) in [6.45, 7) is 13.0. The van der Waals surface area contributed by atoms with Gasteiger partial charge in [0.15, 0.2) is 0 Å². The van der Waals surface area contributed by atoms with Gasteiger partial charge in [0, 0.05) is 14.1 Å². The van der Waals surface area contributed by atoms with Gasteiger partial charge in [0.05, 0.1) is 6.04 Å². The van der Waals surface area contributed by atoms with E-state index >= 15 is 0 Å². The first-order valence-corrected chi connectivity index (χ1v) is 12.2. The summed E-state index contributed by atoms with van der Waals surface area (Å²) in [4.78, 5) is 64.3. The monoisotopic (exact) mass is 498 g/mol. The highest BCUT2D eigenvalue weighted by Gasteiger charge is 2.35. The number of nitrogens with one attached hydrogen (secondary N) is 5. The summed E-state index contributed by atoms with van der Waals surface area (Å²) in [6.07, 6.45) is 0.967. The SMILES string of the molecule is CNC(=O)NC(=O)[C@@H](C)NC(=O)[C@H](CC(C)C)N(C)C(=O)[C@@H](NC(=O)[C@H](CC(C)C)NC)C(C)C. The molecule has 202 valence electrons. The molecule has 0 rings (SSSR count). The largest absolute Gasteiger partial charge is 0.343 e. The molecule has 0 unspecified atom stereocenters. The van der Waals surface area contributed by atoms with Crippen LogP contribution in [0.2, 0.25) is 0 Å². The maximum Gasteiger partial charge on any atom is 0.321 e. The molecular weight excluding hydrogens is 452 g/mol. The molecular formula is C24H46N6O5. The van der Waals surface area contributed by atoms with Gasteiger partial charge < -0.3 is 26.2 Å². The van der Waals surface area contributed by atoms with E-state index in [0.29, 0.717) is 12.8 Å². The van der Waals surface area contributed by atoms with Crippen LogP contribution in [0.3, 0.4) is 0 Å². The Labute approximate surface area is 209 Å². The minimum atomic E-state index is -0.994. The predicted octanol–water partition coefficient (Wildman–Crippen LogP) is 0.595. The molecule has 0 heterocycles. The lowest BCUT2D eigenvalue weighted by molar-refractivity contribution is -0.144. The van der Waals surface area contributed by atoms with Gasteiger partial charge in [-0.05, 0) is 44.6 Å². The van der Waals surface area contributed by atoms with Gasteiger partial charge in [-0.25, -0.2) is 4.79 Å². The highest BCUT2D eigenvalue weighted by atomic mass is 16.2. The molecule has 0 aromatic rings. The van der Waals surface area contributed by atoms with Crippen molar-refractivity contribution < 1.29 is 24.0 Å². The number of urea groups is 1. The van der Waals surface area contributed by atoms with Gasteiger partial charge in [-0.15, -0.1) is 0 Å². The number of likely N-dealkylation sites (N-methyl/N-ethyl adjacent to an activating group) is 2. The molecule has 11 nitrogen and oxygen atoms in total. The van der Waals surface area contributed by atoms with E-state index in [-0.39, 0.29) is 23.7 Å². The fourth-order valence-electron chi connectivity index (χ4n) is 3.51. The van der Waals surface area contributed by atoms with Crippen molar-refractivity contribution >= 4 is 29.7 Å². The Morgan fingerprint density at radius 3 is 1.71 bits per heavy atom. The summed E-state index contributed by atoms with van der Waals surface area (Å²) < 4.78 is 0. The minimum absolute atomic E-state index is 0.0720. The summed E-state index contributed by atoms with van der Waals surface area (Å²) in [5.74, 6) is -1.72. The summed E-state index contributed by atoms with van der Waals surface area (Å²) in [7, 11) is 4.60. The van der Waals surface area contributed by atoms with E-state index in [1.54, 1.807) is 7.05 Å². The van der Waals surface area contributed by atoms with Crippen LogP contribution >= 0.6 is 0 Å². The number of hydrogen-bond donors (Lipinski definition) is 5. The standard InChI is InChI=1S/C24H46N6O5/c1-13(2)11-17(25-8)21(32)28-19(15(5)6)23(34)30(10)18(12-14(3)4)22(33)27-16(7)20(31)29-24(35)26-9/h13-19,25H,11-12H2,1-10H3,(H,27,33)(H,28,32)(H2,26,29,31,35)/t16-,17+,18+,19+/m1/s1. The first kappa shape index (κ1) is 32.3. The first-order valence-electron chi connectivity index (χ1n) is 12.2. The zero-order valence-corrected chi connectivity index (χ0v) is 22.9. The second kappa shape index (κ2) is 15.3. The van der Waals surface area contributed by atoms with Gasteiger partial charge in [0.25, 0.3) is 0 Å². The molecule has 0 aliphatic heterocycles. The van der Waals surface area contributed by atoms with Crippen LogP contribution in [0.5, 0.6) is 0 Å². The maximum absolute atomic E-state index is 13.5. The van der Waals surface area contributed by atoms with Crippen LogP contribution in [-0.2, 0) is 19.2 Å². The highest BCUT2D eigenvalue weighted by Crippen LogP contribution is 2.15. The lowest BCUT2D eigenvalue weighted by Gasteiger charge is -2.34. The topological polar surface area (TPSA) is 149 Å². The summed E-state index contributed by atoms with van der Waals surface area (Å²) >= 11 is 0. The molecule has 6 amide bonds. The summed E-state index contributed by atoms with van der Waals surface area (Å²) in [5.41, 5.74) is 0. The molecule has 0 aromatic heterocycles. The maximum atomic E-state index is 13.5. The Balaban J connectivity index is 5.65. The number of nitrogens with zero attached hydrogens (tertiary/aromatic N) is 1. The molecule has 0 saturated heterocycles. The van der Waals surface area contributed by atoms with E-state index in [0.717, 1.165) is 0 Å². The van der Waals surface area contributed by atoms with Crippen molar-refractivity contribution in [2.75, 3.05) is 21.1 Å². The molecule has 0 fully saturated rings. The van der Waals surface area contributed by atoms with Crippen LogP contribution in [0.1, 0.15) is 61.3 Å². The second-order valence-corrected chi connectivity index (χ2v) is 10.1. The second-order valence-electron chi connectivity index (χ2n) is 10.1. The van der Waals surface area contributed by atoms with Gasteiger partial charge in [0.1, 0.15) is 18.1 Å². The molecule has 35 heavy (non-hydrogen) atoms. The van der Waals surface area contributed by atoms with Crippen LogP contribution in [-0.4, -0.2) is 79.9 Å². The first-order chi connectivity index (χ1) is 16.2. The third kappa shape index (κ3) is 11.1. The van der Waals surface area contributed by atoms with Crippen LogP contribution in [0.25, 0.3) is 0 Å². The Hall–Kier alpha value is -2.69. The summed E-state index contributed by atoms with van der Waals surface area (Å²) in [6, 6.07) is -3.82. The fourth-order valence-corrected chi connectivity index (χ4v) is 3.51. The Kier molecular flexibility index (Phi) is 14.2. The average molecular weight is 499 g/mol. The molecule has 5 N–H and O–H groups in total. The Bertz CT molecular complexity index is 740. The smallest absolute Gasteiger partial charge is 0.321 e. The van der Waals surface area contributed by atoms with Gasteiger partial charge in [-0.3, -0.25) is 24.5 Å². The summed E-state index contributed by atoms with van der Waals surface area (Å²) in [5, 5.41) is 12.8. The molecule has 0 radical (unpaired) electrons. The third-order valence-corrected chi connectivity index (χ3v) is 5.63. The van der Waals surface area contributed by atoms with E-state index in [1.807, 2.05) is 41.5 Å². The number of carbonyl (C=O) groups excluding carboxylic acids is 5. The molecule has 0 aliphatic rings. The van der Waals surface area contributed by atoms with E-state index < -0.39 is 47.9 Å². The molecule has 0 aliphatic carbocycles. The van der Waals surface area contributed by atoms with Crippen LogP contribution in [0.15, 0.2) is 0 Å². The van der Waals surface area contributed by atoms with Crippen molar-refractivity contribution in [1.82, 2.24) is 31.5 Å². The van der Waals surface area contributed by atoms with Crippen molar-refractivity contribution in [3.63, 3.8) is 0 Å². The number of amides is 6. The van der Waals surface area contributed by atoms with Gasteiger partial charge in [-0.2, -0.15) is 0 Å². The zero-order chi connectivity index (χ0) is 27.5. The average Bonchev–Trinajstić information content (AvgIpc) is 2.77. The number of carbonyl (C=O) groups is 5. The molecule has 4 atom stereocenters. The minimum Gasteiger partial charge on any atom is -0.343 e. The molecule has 0 saturated carbocycles. The number of rotatable bonds is 13. The Morgan fingerprint density at radius 1 is 0.743 bits per heavy atom. The molecule has 0 bridgehead atoms. The lowest BCUT2D eigenvalue weighted by Crippen LogP contribution is -2.59. The highest BCUT2D eigenvalue weighted by molar-refractivity contribution is 5.99. The fraction of sp³-hybridized carbons (Fsp3) is 0.792. The van der Waals surface area contributed by atoms with E-state index in [1.165, 1.54) is 25.9 Å². The van der Waals surface area contributed by atoms with E-state index in [9.17, 15) is 24.0 Å². The van der Waals surface area contributed by atoms with Crippen molar-refractivity contribution in [2.24, 2.45) is 17.8 Å².